The van der Waals surface area contributed by atoms with E-state index in [4.69, 9.17) is 9.79 Å². The van der Waals surface area contributed by atoms with E-state index >= 15 is 0 Å². The number of halogens is 2. The third kappa shape index (κ3) is 6.97. The number of hydrogen-bond donors (Lipinski definition) is 3. The maximum absolute atomic E-state index is 14.4. The molecular weight excluding hydrogens is 683 g/mol. The van der Waals surface area contributed by atoms with Crippen LogP contribution in [0.2, 0.25) is 0 Å². The van der Waals surface area contributed by atoms with Crippen LogP contribution in [0.25, 0.3) is 10.1 Å². The van der Waals surface area contributed by atoms with Gasteiger partial charge in [0.2, 0.25) is 23.6 Å². The standard InChI is InChI=1S/C32H40F2N5O8PS/c1-19(40)37-14-10-23-6-7-25(31(44)38-13-9-20(17-38)29(42)36-11-3-2-4-12-36)39(23)30(43)24(18-37)35-28(41)27-16-21-15-22(5-8-26(21)49-27)32(33,34)48(45,46)47/h5,8,15-16,20,23-25H,2-4,6-7,9-14,17-18H2,1H3,(H,35,41)(H2,45,46,47)/t20-,23-,24+,25+/m1/s1. The zero-order valence-electron chi connectivity index (χ0n) is 27.1. The molecule has 17 heteroatoms. The quantitative estimate of drug-likeness (QED) is 0.383. The van der Waals surface area contributed by atoms with Crippen molar-refractivity contribution in [1.82, 2.24) is 24.9 Å². The average molecular weight is 724 g/mol. The van der Waals surface area contributed by atoms with Crippen LogP contribution in [0.4, 0.5) is 8.78 Å². The van der Waals surface area contributed by atoms with Crippen molar-refractivity contribution in [3.63, 3.8) is 0 Å². The van der Waals surface area contributed by atoms with Crippen LogP contribution in [-0.2, 0) is 29.4 Å². The fraction of sp³-hybridized carbons (Fsp3) is 0.594. The minimum Gasteiger partial charge on any atom is -0.342 e. The molecule has 49 heavy (non-hydrogen) atoms. The first-order valence-electron chi connectivity index (χ1n) is 16.6. The fourth-order valence-electron chi connectivity index (χ4n) is 7.50. The summed E-state index contributed by atoms with van der Waals surface area (Å²) in [4.78, 5) is 92.2. The number of piperidine rings is 1. The summed E-state index contributed by atoms with van der Waals surface area (Å²) in [6, 6.07) is 2.01. The Labute approximate surface area is 285 Å². The van der Waals surface area contributed by atoms with Crippen molar-refractivity contribution >= 4 is 58.6 Å². The molecule has 4 saturated heterocycles. The van der Waals surface area contributed by atoms with E-state index in [1.54, 1.807) is 9.80 Å². The molecule has 4 atom stereocenters. The Morgan fingerprint density at radius 1 is 0.898 bits per heavy atom. The predicted molar refractivity (Wildman–Crippen MR) is 175 cm³/mol. The van der Waals surface area contributed by atoms with E-state index in [1.165, 1.54) is 24.0 Å². The van der Waals surface area contributed by atoms with Gasteiger partial charge in [-0.3, -0.25) is 28.5 Å². The van der Waals surface area contributed by atoms with Crippen LogP contribution in [0.3, 0.4) is 0 Å². The number of rotatable bonds is 6. The van der Waals surface area contributed by atoms with Gasteiger partial charge >= 0.3 is 13.3 Å². The first-order chi connectivity index (χ1) is 23.2. The van der Waals surface area contributed by atoms with E-state index < -0.39 is 42.7 Å². The highest BCUT2D eigenvalue weighted by atomic mass is 32.1. The van der Waals surface area contributed by atoms with Gasteiger partial charge in [-0.1, -0.05) is 6.07 Å². The Morgan fingerprint density at radius 3 is 2.31 bits per heavy atom. The monoisotopic (exact) mass is 723 g/mol. The molecule has 2 aromatic rings. The van der Waals surface area contributed by atoms with Crippen molar-refractivity contribution < 1.29 is 47.1 Å². The SMILES string of the molecule is CC(=O)N1CC[C@H]2CC[C@@H](C(=O)N3CC[C@@H](C(=O)N4CCCCC4)C3)N2C(=O)[C@@H](NC(=O)c2cc3cc(C(F)(F)P(=O)(O)O)ccc3s2)C1. The molecule has 3 N–H and O–H groups in total. The molecule has 0 bridgehead atoms. The summed E-state index contributed by atoms with van der Waals surface area (Å²) in [5.74, 6) is -1.94. The van der Waals surface area contributed by atoms with Gasteiger partial charge in [-0.15, -0.1) is 11.3 Å². The molecule has 5 amide bonds. The van der Waals surface area contributed by atoms with Crippen molar-refractivity contribution in [2.45, 2.75) is 75.7 Å². The van der Waals surface area contributed by atoms with Gasteiger partial charge in [0.05, 0.1) is 10.8 Å². The Balaban J connectivity index is 1.20. The van der Waals surface area contributed by atoms with E-state index in [0.717, 1.165) is 55.8 Å². The van der Waals surface area contributed by atoms with Crippen molar-refractivity contribution in [3.05, 3.63) is 34.7 Å². The summed E-state index contributed by atoms with van der Waals surface area (Å²) in [6.45, 7) is 3.72. The van der Waals surface area contributed by atoms with Crippen molar-refractivity contribution in [1.29, 1.82) is 0 Å². The topological polar surface area (TPSA) is 168 Å². The number of thiophene rings is 1. The molecule has 4 fully saturated rings. The number of nitrogens with one attached hydrogen (secondary N) is 1. The molecule has 5 heterocycles. The summed E-state index contributed by atoms with van der Waals surface area (Å²) in [6.07, 6.45) is 5.02. The number of nitrogens with zero attached hydrogens (tertiary/aromatic N) is 4. The third-order valence-corrected chi connectivity index (χ3v) is 12.3. The highest BCUT2D eigenvalue weighted by Gasteiger charge is 2.51. The summed E-state index contributed by atoms with van der Waals surface area (Å²) in [5.41, 5.74) is -5.33. The largest absolute Gasteiger partial charge is 0.399 e. The van der Waals surface area contributed by atoms with Gasteiger partial charge < -0.3 is 34.7 Å². The first-order valence-corrected chi connectivity index (χ1v) is 19.0. The third-order valence-electron chi connectivity index (χ3n) is 10.2. The molecule has 13 nitrogen and oxygen atoms in total. The summed E-state index contributed by atoms with van der Waals surface area (Å²) >= 11 is 0.945. The summed E-state index contributed by atoms with van der Waals surface area (Å²) < 4.78 is 40.5. The van der Waals surface area contributed by atoms with Gasteiger partial charge in [-0.25, -0.2) is 0 Å². The summed E-state index contributed by atoms with van der Waals surface area (Å²) in [7, 11) is -5.80. The van der Waals surface area contributed by atoms with Gasteiger partial charge in [0, 0.05) is 62.5 Å². The summed E-state index contributed by atoms with van der Waals surface area (Å²) in [5, 5.41) is 2.86. The number of alkyl halides is 2. The van der Waals surface area contributed by atoms with Gasteiger partial charge in [0.1, 0.15) is 12.1 Å². The second-order valence-electron chi connectivity index (χ2n) is 13.4. The Kier molecular flexibility index (Phi) is 9.88. The molecule has 4 aliphatic heterocycles. The number of fused-ring (bicyclic) bond motifs is 2. The Hall–Kier alpha value is -3.46. The lowest BCUT2D eigenvalue weighted by Gasteiger charge is -2.39. The van der Waals surface area contributed by atoms with E-state index in [9.17, 15) is 37.3 Å². The Morgan fingerprint density at radius 2 is 1.61 bits per heavy atom. The smallest absolute Gasteiger partial charge is 0.342 e. The van der Waals surface area contributed by atoms with Crippen LogP contribution in [0.15, 0.2) is 24.3 Å². The molecule has 0 saturated carbocycles. The molecule has 266 valence electrons. The van der Waals surface area contributed by atoms with E-state index in [1.807, 2.05) is 4.90 Å². The predicted octanol–water partition coefficient (Wildman–Crippen LogP) is 2.70. The van der Waals surface area contributed by atoms with Crippen molar-refractivity contribution in [2.24, 2.45) is 5.92 Å². The minimum absolute atomic E-state index is 0.0583. The number of likely N-dealkylation sites (tertiary alicyclic amines) is 2. The van der Waals surface area contributed by atoms with E-state index in [0.29, 0.717) is 50.0 Å². The second-order valence-corrected chi connectivity index (χ2v) is 16.1. The van der Waals surface area contributed by atoms with Gasteiger partial charge in [0.25, 0.3) is 5.91 Å². The molecule has 0 radical (unpaired) electrons. The number of amides is 5. The Bertz CT molecular complexity index is 1710. The maximum Gasteiger partial charge on any atom is 0.399 e. The van der Waals surface area contributed by atoms with Crippen LogP contribution in [0, 0.1) is 5.92 Å². The fourth-order valence-corrected chi connectivity index (χ4v) is 8.92. The highest BCUT2D eigenvalue weighted by molar-refractivity contribution is 7.52. The van der Waals surface area contributed by atoms with Crippen molar-refractivity contribution in [2.75, 3.05) is 39.3 Å². The number of carbonyl (C=O) groups is 5. The normalized spacial score (nSPS) is 25.3. The van der Waals surface area contributed by atoms with Crippen LogP contribution in [-0.4, -0.2) is 116 Å². The number of carbonyl (C=O) groups excluding carboxylic acids is 5. The molecular formula is C32H40F2N5O8PS. The van der Waals surface area contributed by atoms with Crippen LogP contribution in [0.5, 0.6) is 0 Å². The zero-order chi connectivity index (χ0) is 35.2. The second kappa shape index (κ2) is 13.7. The maximum atomic E-state index is 14.4. The lowest BCUT2D eigenvalue weighted by Crippen LogP contribution is -2.61. The van der Waals surface area contributed by atoms with Crippen LogP contribution < -0.4 is 5.32 Å². The number of hydrogen-bond acceptors (Lipinski definition) is 7. The van der Waals surface area contributed by atoms with E-state index in [2.05, 4.69) is 5.32 Å². The zero-order valence-corrected chi connectivity index (χ0v) is 28.8. The highest BCUT2D eigenvalue weighted by Crippen LogP contribution is 2.59. The minimum atomic E-state index is -5.80. The average Bonchev–Trinajstić information content (AvgIpc) is 3.82. The lowest BCUT2D eigenvalue weighted by molar-refractivity contribution is -0.148. The molecule has 6 rings (SSSR count). The molecule has 1 aromatic carbocycles. The number of benzene rings is 1. The van der Waals surface area contributed by atoms with Crippen molar-refractivity contribution in [3.8, 4) is 0 Å². The first kappa shape index (κ1) is 35.4. The lowest BCUT2D eigenvalue weighted by atomic mass is 10.0. The molecule has 1 aromatic heterocycles. The van der Waals surface area contributed by atoms with Crippen LogP contribution in [0.1, 0.15) is 67.1 Å². The van der Waals surface area contributed by atoms with Gasteiger partial charge in [-0.05, 0) is 68.5 Å². The molecule has 0 spiro atoms. The molecule has 0 aliphatic carbocycles. The van der Waals surface area contributed by atoms with E-state index in [-0.39, 0.29) is 46.5 Å². The van der Waals surface area contributed by atoms with Crippen LogP contribution >= 0.6 is 18.9 Å². The van der Waals surface area contributed by atoms with Gasteiger partial charge in [0.15, 0.2) is 0 Å². The molecule has 4 aliphatic rings. The molecule has 0 unspecified atom stereocenters. The van der Waals surface area contributed by atoms with Gasteiger partial charge in [-0.2, -0.15) is 8.78 Å².